The van der Waals surface area contributed by atoms with E-state index in [0.29, 0.717) is 47.1 Å². The molecule has 2 atom stereocenters. The highest BCUT2D eigenvalue weighted by Gasteiger charge is 2.39. The highest BCUT2D eigenvalue weighted by atomic mass is 19.1. The molecule has 8 nitrogen and oxygen atoms in total. The average Bonchev–Trinajstić information content (AvgIpc) is 3.22. The lowest BCUT2D eigenvalue weighted by atomic mass is 9.94. The van der Waals surface area contributed by atoms with Gasteiger partial charge in [-0.05, 0) is 56.0 Å². The van der Waals surface area contributed by atoms with Crippen LogP contribution in [0.15, 0.2) is 55.0 Å². The van der Waals surface area contributed by atoms with Crippen LogP contribution in [0.2, 0.25) is 0 Å². The largest absolute Gasteiger partial charge is 0.338 e. The van der Waals surface area contributed by atoms with Crippen LogP contribution in [0.3, 0.4) is 0 Å². The van der Waals surface area contributed by atoms with Crippen LogP contribution in [-0.2, 0) is 0 Å². The van der Waals surface area contributed by atoms with Gasteiger partial charge in [-0.1, -0.05) is 11.6 Å². The molecule has 3 saturated heterocycles. The summed E-state index contributed by atoms with van der Waals surface area (Å²) in [7, 11) is 0. The zero-order chi connectivity index (χ0) is 23.2. The second-order valence-electron chi connectivity index (χ2n) is 9.17. The number of carbonyl (C=O) groups excluding carboxylic acids is 1. The molecule has 0 N–H and O–H groups in total. The lowest BCUT2D eigenvalue weighted by Gasteiger charge is -2.36. The number of halogens is 1. The maximum Gasteiger partial charge on any atom is 0.256 e. The van der Waals surface area contributed by atoms with Crippen molar-refractivity contribution in [2.45, 2.75) is 25.8 Å². The fraction of sp³-hybridized carbons (Fsp3) is 0.320. The first-order valence-corrected chi connectivity index (χ1v) is 11.5. The zero-order valence-electron chi connectivity index (χ0n) is 18.8. The zero-order valence-corrected chi connectivity index (χ0v) is 18.8. The van der Waals surface area contributed by atoms with Gasteiger partial charge in [-0.2, -0.15) is 15.0 Å². The van der Waals surface area contributed by atoms with Gasteiger partial charge in [-0.25, -0.2) is 14.4 Å². The van der Waals surface area contributed by atoms with Crippen molar-refractivity contribution in [2.24, 2.45) is 5.92 Å². The van der Waals surface area contributed by atoms with Crippen molar-refractivity contribution in [3.63, 3.8) is 0 Å². The molecule has 0 radical (unpaired) electrons. The first-order valence-electron chi connectivity index (χ1n) is 11.5. The summed E-state index contributed by atoms with van der Waals surface area (Å²) in [4.78, 5) is 28.7. The van der Waals surface area contributed by atoms with Crippen LogP contribution in [0.25, 0.3) is 16.6 Å². The Bertz CT molecular complexity index is 1370. The minimum absolute atomic E-state index is 0.00227. The third kappa shape index (κ3) is 3.67. The normalized spacial score (nSPS) is 20.1. The minimum Gasteiger partial charge on any atom is -0.338 e. The summed E-state index contributed by atoms with van der Waals surface area (Å²) in [5.41, 5.74) is 3.02. The molecule has 3 aliphatic heterocycles. The van der Waals surface area contributed by atoms with Crippen molar-refractivity contribution < 1.29 is 9.18 Å². The summed E-state index contributed by atoms with van der Waals surface area (Å²) in [5.74, 6) is 0.655. The number of benzene rings is 2. The molecule has 0 saturated carbocycles. The number of hydrogen-bond donors (Lipinski definition) is 0. The van der Waals surface area contributed by atoms with Crippen molar-refractivity contribution in [2.75, 3.05) is 24.5 Å². The number of aromatic nitrogens is 5. The number of rotatable bonds is 3. The Kier molecular flexibility index (Phi) is 4.97. The third-order valence-electron chi connectivity index (χ3n) is 6.80. The van der Waals surface area contributed by atoms with Gasteiger partial charge in [0.1, 0.15) is 5.82 Å². The Morgan fingerprint density at radius 3 is 2.74 bits per heavy atom. The van der Waals surface area contributed by atoms with Gasteiger partial charge in [0.2, 0.25) is 5.95 Å². The van der Waals surface area contributed by atoms with Crippen LogP contribution in [0, 0.1) is 18.7 Å². The Labute approximate surface area is 196 Å². The molecular formula is C25H24FN7O. The second-order valence-corrected chi connectivity index (χ2v) is 9.17. The molecule has 34 heavy (non-hydrogen) atoms. The number of carbonyl (C=O) groups is 1. The Balaban J connectivity index is 1.31. The Morgan fingerprint density at radius 1 is 1.03 bits per heavy atom. The van der Waals surface area contributed by atoms with Gasteiger partial charge in [0, 0.05) is 37.3 Å². The summed E-state index contributed by atoms with van der Waals surface area (Å²) >= 11 is 0. The van der Waals surface area contributed by atoms with Gasteiger partial charge in [0.05, 0.1) is 29.2 Å². The molecule has 7 rings (SSSR count). The maximum absolute atomic E-state index is 13.8. The molecule has 1 amide bonds. The van der Waals surface area contributed by atoms with Gasteiger partial charge < -0.3 is 9.80 Å². The fourth-order valence-corrected chi connectivity index (χ4v) is 5.13. The number of nitrogens with zero attached hydrogens (tertiary/aromatic N) is 7. The lowest BCUT2D eigenvalue weighted by Crippen LogP contribution is -2.47. The first-order chi connectivity index (χ1) is 16.5. The SMILES string of the molecule is Cc1ccc(-n2nccn2)c(C(=O)N2C[C@H]3CC[C@H]2CN(c2ncc4cc(F)ccc4n2)C3)c1. The van der Waals surface area contributed by atoms with Crippen molar-refractivity contribution >= 4 is 22.8 Å². The molecule has 0 spiro atoms. The molecule has 0 aliphatic carbocycles. The van der Waals surface area contributed by atoms with Crippen molar-refractivity contribution in [3.05, 3.63) is 71.9 Å². The van der Waals surface area contributed by atoms with Crippen LogP contribution in [0.1, 0.15) is 28.8 Å². The lowest BCUT2D eigenvalue weighted by molar-refractivity contribution is 0.0591. The van der Waals surface area contributed by atoms with E-state index in [0.717, 1.165) is 24.9 Å². The molecule has 9 heteroatoms. The minimum atomic E-state index is -0.299. The molecule has 3 aliphatic rings. The van der Waals surface area contributed by atoms with Crippen LogP contribution >= 0.6 is 0 Å². The monoisotopic (exact) mass is 457 g/mol. The summed E-state index contributed by atoms with van der Waals surface area (Å²) in [5, 5.41) is 9.16. The third-order valence-corrected chi connectivity index (χ3v) is 6.80. The van der Waals surface area contributed by atoms with Crippen molar-refractivity contribution in [1.29, 1.82) is 0 Å². The molecule has 5 heterocycles. The quantitative estimate of drug-likeness (QED) is 0.469. The van der Waals surface area contributed by atoms with E-state index < -0.39 is 0 Å². The maximum atomic E-state index is 13.8. The van der Waals surface area contributed by atoms with E-state index in [1.54, 1.807) is 24.7 Å². The van der Waals surface area contributed by atoms with E-state index in [9.17, 15) is 9.18 Å². The van der Waals surface area contributed by atoms with Gasteiger partial charge in [-0.3, -0.25) is 4.79 Å². The Hall–Kier alpha value is -3.88. The average molecular weight is 458 g/mol. The van der Waals surface area contributed by atoms with E-state index >= 15 is 0 Å². The highest BCUT2D eigenvalue weighted by Crippen LogP contribution is 2.32. The predicted octanol–water partition coefficient (Wildman–Crippen LogP) is 3.40. The van der Waals surface area contributed by atoms with Crippen LogP contribution in [-0.4, -0.2) is 61.4 Å². The van der Waals surface area contributed by atoms with Crippen molar-refractivity contribution in [1.82, 2.24) is 29.9 Å². The molecule has 2 bridgehead atoms. The number of fused-ring (bicyclic) bond motifs is 5. The van der Waals surface area contributed by atoms with E-state index in [1.165, 1.54) is 16.9 Å². The molecule has 2 aromatic heterocycles. The Morgan fingerprint density at radius 2 is 1.88 bits per heavy atom. The van der Waals surface area contributed by atoms with E-state index in [1.807, 2.05) is 30.0 Å². The van der Waals surface area contributed by atoms with Crippen molar-refractivity contribution in [3.8, 4) is 5.69 Å². The number of piperidine rings is 1. The summed E-state index contributed by atoms with van der Waals surface area (Å²) in [6, 6.07) is 10.4. The van der Waals surface area contributed by atoms with E-state index in [2.05, 4.69) is 20.1 Å². The smallest absolute Gasteiger partial charge is 0.256 e. The number of anilines is 1. The second kappa shape index (κ2) is 8.16. The van der Waals surface area contributed by atoms with Crippen LogP contribution in [0.5, 0.6) is 0 Å². The fourth-order valence-electron chi connectivity index (χ4n) is 5.13. The highest BCUT2D eigenvalue weighted by molar-refractivity contribution is 5.98. The van der Waals surface area contributed by atoms with E-state index in [-0.39, 0.29) is 17.8 Å². The molecule has 0 unspecified atom stereocenters. The molecular weight excluding hydrogens is 433 g/mol. The summed E-state index contributed by atoms with van der Waals surface area (Å²) in [6.45, 7) is 4.12. The molecule has 172 valence electrons. The molecule has 2 aromatic carbocycles. The van der Waals surface area contributed by atoms with Gasteiger partial charge in [0.15, 0.2) is 0 Å². The van der Waals surface area contributed by atoms with Gasteiger partial charge in [0.25, 0.3) is 5.91 Å². The van der Waals surface area contributed by atoms with Gasteiger partial charge >= 0.3 is 0 Å². The molecule has 3 fully saturated rings. The van der Waals surface area contributed by atoms with Gasteiger partial charge in [-0.15, -0.1) is 0 Å². The number of aryl methyl sites for hydroxylation is 1. The van der Waals surface area contributed by atoms with E-state index in [4.69, 9.17) is 4.98 Å². The first kappa shape index (κ1) is 20.7. The van der Waals surface area contributed by atoms with Crippen LogP contribution in [0.4, 0.5) is 10.3 Å². The topological polar surface area (TPSA) is 80.0 Å². The number of amides is 1. The summed E-state index contributed by atoms with van der Waals surface area (Å²) in [6.07, 6.45) is 6.89. The number of hydrogen-bond acceptors (Lipinski definition) is 6. The molecule has 4 aromatic rings. The standard InChI is InChI=1S/C25H24FN7O/c1-16-2-7-23(33-28-8-9-29-33)21(10-16)24(34)32-14-17-3-5-20(32)15-31(13-17)25-27-12-18-11-19(26)4-6-22(18)30-25/h2,4,6-12,17,20H,3,5,13-15H2,1H3/t17-,20-/m0/s1. The van der Waals surface area contributed by atoms with Crippen LogP contribution < -0.4 is 4.90 Å². The predicted molar refractivity (Wildman–Crippen MR) is 125 cm³/mol. The summed E-state index contributed by atoms with van der Waals surface area (Å²) < 4.78 is 13.5.